The lowest BCUT2D eigenvalue weighted by Crippen LogP contribution is -1.88. The monoisotopic (exact) mass is 219 g/mol. The largest absolute Gasteiger partial charge is 0.463 e. The molecule has 0 N–H and O–H groups in total. The van der Waals surface area contributed by atoms with Crippen LogP contribution in [0.2, 0.25) is 5.15 Å². The molecule has 0 saturated heterocycles. The normalized spacial score (nSPS) is 11.0. The van der Waals surface area contributed by atoms with Gasteiger partial charge in [0.1, 0.15) is 10.8 Å². The molecule has 0 spiro atoms. The molecule has 3 aromatic heterocycles. The van der Waals surface area contributed by atoms with Crippen LogP contribution in [-0.2, 0) is 0 Å². The van der Waals surface area contributed by atoms with Crippen LogP contribution in [0, 0.1) is 0 Å². The molecule has 15 heavy (non-hydrogen) atoms. The van der Waals surface area contributed by atoms with E-state index in [1.807, 2.05) is 18.2 Å². The van der Waals surface area contributed by atoms with Gasteiger partial charge in [0, 0.05) is 12.3 Å². The van der Waals surface area contributed by atoms with E-state index in [1.54, 1.807) is 23.0 Å². The van der Waals surface area contributed by atoms with Gasteiger partial charge >= 0.3 is 0 Å². The van der Waals surface area contributed by atoms with Crippen LogP contribution in [0.15, 0.2) is 41.1 Å². The second kappa shape index (κ2) is 3.10. The van der Waals surface area contributed by atoms with Crippen molar-refractivity contribution in [3.05, 3.63) is 41.9 Å². The second-order valence-corrected chi connectivity index (χ2v) is 3.45. The van der Waals surface area contributed by atoms with E-state index >= 15 is 0 Å². The first kappa shape index (κ1) is 8.49. The highest BCUT2D eigenvalue weighted by Crippen LogP contribution is 2.19. The summed E-state index contributed by atoms with van der Waals surface area (Å²) in [6.07, 6.45) is 3.37. The number of rotatable bonds is 1. The Bertz CT molecular complexity index is 600. The van der Waals surface area contributed by atoms with Gasteiger partial charge in [0.15, 0.2) is 11.4 Å². The molecule has 4 nitrogen and oxygen atoms in total. The zero-order valence-corrected chi connectivity index (χ0v) is 8.35. The number of hydrogen-bond donors (Lipinski definition) is 0. The summed E-state index contributed by atoms with van der Waals surface area (Å²) in [5.74, 6) is 0.719. The molecule has 0 aromatic carbocycles. The summed E-state index contributed by atoms with van der Waals surface area (Å²) in [6.45, 7) is 0. The Kier molecular flexibility index (Phi) is 1.76. The summed E-state index contributed by atoms with van der Waals surface area (Å²) in [5.41, 5.74) is 1.45. The van der Waals surface area contributed by atoms with Crippen molar-refractivity contribution in [2.24, 2.45) is 0 Å². The van der Waals surface area contributed by atoms with E-state index in [4.69, 9.17) is 16.0 Å². The topological polar surface area (TPSA) is 43.3 Å². The molecular formula is C10H6ClN3O. The molecule has 0 unspecified atom stereocenters. The van der Waals surface area contributed by atoms with E-state index in [9.17, 15) is 0 Å². The lowest BCUT2D eigenvalue weighted by Gasteiger charge is -1.90. The zero-order valence-electron chi connectivity index (χ0n) is 7.59. The van der Waals surface area contributed by atoms with Crippen LogP contribution >= 0.6 is 11.6 Å². The van der Waals surface area contributed by atoms with Gasteiger partial charge < -0.3 is 4.42 Å². The Hall–Kier alpha value is -1.81. The van der Waals surface area contributed by atoms with E-state index < -0.39 is 0 Å². The molecule has 3 rings (SSSR count). The van der Waals surface area contributed by atoms with Gasteiger partial charge in [-0.3, -0.25) is 0 Å². The Morgan fingerprint density at radius 3 is 3.07 bits per heavy atom. The summed E-state index contributed by atoms with van der Waals surface area (Å²) in [4.78, 5) is 4.13. The Morgan fingerprint density at radius 1 is 1.33 bits per heavy atom. The quantitative estimate of drug-likeness (QED) is 0.591. The predicted octanol–water partition coefficient (Wildman–Crippen LogP) is 2.64. The van der Waals surface area contributed by atoms with E-state index in [2.05, 4.69) is 10.1 Å². The van der Waals surface area contributed by atoms with Crippen molar-refractivity contribution in [3.63, 3.8) is 0 Å². The second-order valence-electron chi connectivity index (χ2n) is 3.06. The molecule has 0 fully saturated rings. The first-order chi connectivity index (χ1) is 7.33. The SMILES string of the molecule is Clc1ccn2nc(-c3ccco3)cc2n1. The lowest BCUT2D eigenvalue weighted by atomic mass is 10.3. The predicted molar refractivity (Wildman–Crippen MR) is 55.7 cm³/mol. The fourth-order valence-corrected chi connectivity index (χ4v) is 1.54. The summed E-state index contributed by atoms with van der Waals surface area (Å²) in [7, 11) is 0. The minimum Gasteiger partial charge on any atom is -0.463 e. The third-order valence-corrected chi connectivity index (χ3v) is 2.27. The van der Waals surface area contributed by atoms with Gasteiger partial charge in [-0.25, -0.2) is 9.50 Å². The van der Waals surface area contributed by atoms with Gasteiger partial charge in [-0.05, 0) is 18.2 Å². The molecule has 0 amide bonds. The van der Waals surface area contributed by atoms with Gasteiger partial charge in [-0.2, -0.15) is 5.10 Å². The van der Waals surface area contributed by atoms with Crippen molar-refractivity contribution in [2.75, 3.05) is 0 Å². The fourth-order valence-electron chi connectivity index (χ4n) is 1.40. The molecule has 0 aliphatic rings. The summed E-state index contributed by atoms with van der Waals surface area (Å²) in [6, 6.07) is 7.18. The molecule has 0 radical (unpaired) electrons. The van der Waals surface area contributed by atoms with Gasteiger partial charge in [0.2, 0.25) is 0 Å². The van der Waals surface area contributed by atoms with Crippen LogP contribution in [0.4, 0.5) is 0 Å². The maximum absolute atomic E-state index is 5.78. The molecule has 74 valence electrons. The van der Waals surface area contributed by atoms with Crippen molar-refractivity contribution in [1.82, 2.24) is 14.6 Å². The van der Waals surface area contributed by atoms with E-state index in [0.29, 0.717) is 10.8 Å². The minimum absolute atomic E-state index is 0.452. The van der Waals surface area contributed by atoms with Crippen LogP contribution in [-0.4, -0.2) is 14.6 Å². The summed E-state index contributed by atoms with van der Waals surface area (Å²) in [5, 5.41) is 4.75. The number of hydrogen-bond acceptors (Lipinski definition) is 3. The van der Waals surface area contributed by atoms with Crippen molar-refractivity contribution >= 4 is 17.2 Å². The third kappa shape index (κ3) is 1.39. The molecule has 3 aromatic rings. The van der Waals surface area contributed by atoms with Gasteiger partial charge in [0.05, 0.1) is 6.26 Å². The van der Waals surface area contributed by atoms with E-state index in [1.165, 1.54) is 0 Å². The number of aromatic nitrogens is 3. The molecular weight excluding hydrogens is 214 g/mol. The smallest absolute Gasteiger partial charge is 0.157 e. The van der Waals surface area contributed by atoms with Crippen LogP contribution in [0.25, 0.3) is 17.1 Å². The summed E-state index contributed by atoms with van der Waals surface area (Å²) >= 11 is 5.78. The average molecular weight is 220 g/mol. The molecule has 0 aliphatic carbocycles. The van der Waals surface area contributed by atoms with Crippen LogP contribution in [0.5, 0.6) is 0 Å². The van der Waals surface area contributed by atoms with Crippen LogP contribution < -0.4 is 0 Å². The van der Waals surface area contributed by atoms with Crippen LogP contribution in [0.3, 0.4) is 0 Å². The number of halogens is 1. The number of fused-ring (bicyclic) bond motifs is 1. The zero-order chi connectivity index (χ0) is 10.3. The highest BCUT2D eigenvalue weighted by atomic mass is 35.5. The molecule has 3 heterocycles. The molecule has 0 bridgehead atoms. The van der Waals surface area contributed by atoms with Gasteiger partial charge in [-0.1, -0.05) is 11.6 Å². The van der Waals surface area contributed by atoms with Gasteiger partial charge in [0.25, 0.3) is 0 Å². The van der Waals surface area contributed by atoms with Crippen molar-refractivity contribution in [2.45, 2.75) is 0 Å². The van der Waals surface area contributed by atoms with Crippen molar-refractivity contribution < 1.29 is 4.42 Å². The van der Waals surface area contributed by atoms with E-state index in [0.717, 1.165) is 11.5 Å². The molecule has 0 saturated carbocycles. The fraction of sp³-hybridized carbons (Fsp3) is 0. The van der Waals surface area contributed by atoms with E-state index in [-0.39, 0.29) is 0 Å². The minimum atomic E-state index is 0.452. The Labute approximate surface area is 90.1 Å². The number of furan rings is 1. The lowest BCUT2D eigenvalue weighted by molar-refractivity contribution is 0.579. The Morgan fingerprint density at radius 2 is 2.27 bits per heavy atom. The molecule has 0 atom stereocenters. The maximum Gasteiger partial charge on any atom is 0.157 e. The number of nitrogens with zero attached hydrogens (tertiary/aromatic N) is 3. The Balaban J connectivity index is 2.22. The highest BCUT2D eigenvalue weighted by Gasteiger charge is 2.07. The highest BCUT2D eigenvalue weighted by molar-refractivity contribution is 6.29. The van der Waals surface area contributed by atoms with Crippen LogP contribution in [0.1, 0.15) is 0 Å². The summed E-state index contributed by atoms with van der Waals surface area (Å²) < 4.78 is 6.90. The maximum atomic E-state index is 5.78. The molecule has 5 heteroatoms. The first-order valence-electron chi connectivity index (χ1n) is 4.39. The van der Waals surface area contributed by atoms with Gasteiger partial charge in [-0.15, -0.1) is 0 Å². The molecule has 0 aliphatic heterocycles. The first-order valence-corrected chi connectivity index (χ1v) is 4.76. The van der Waals surface area contributed by atoms with Crippen molar-refractivity contribution in [1.29, 1.82) is 0 Å². The van der Waals surface area contributed by atoms with Crippen molar-refractivity contribution in [3.8, 4) is 11.5 Å². The average Bonchev–Trinajstić information content (AvgIpc) is 2.84. The third-order valence-electron chi connectivity index (χ3n) is 2.06. The standard InChI is InChI=1S/C10H6ClN3O/c11-9-3-4-14-10(12-9)6-7(13-14)8-2-1-5-15-8/h1-6H.